The second-order valence-corrected chi connectivity index (χ2v) is 9.74. The highest BCUT2D eigenvalue weighted by atomic mass is 19.4. The number of nitrogens with zero attached hydrogens (tertiary/aromatic N) is 1. The molecule has 2 atom stereocenters. The number of carboxylic acids is 1. The quantitative estimate of drug-likeness (QED) is 0.486. The van der Waals surface area contributed by atoms with E-state index in [1.165, 1.54) is 6.07 Å². The van der Waals surface area contributed by atoms with Crippen molar-refractivity contribution in [3.05, 3.63) is 58.1 Å². The van der Waals surface area contributed by atoms with E-state index in [0.717, 1.165) is 11.6 Å². The molecule has 0 aromatic heterocycles. The number of alkyl halides is 5. The standard InChI is InChI=1S/C26H26F5NO4/c27-25(28)7-9-32(10-8-25)13-20-18-4-6-22(19(18)3-5-21(20)26(29,30)31)36-16-1-2-17-15(11-24(33)34)14-35-23(17)12-16/h1-3,5,12,15,22H,4,6-11,13-14H2,(H,33,34)/t15?,22-/m1/s1. The van der Waals surface area contributed by atoms with Crippen molar-refractivity contribution >= 4 is 5.97 Å². The van der Waals surface area contributed by atoms with Crippen LogP contribution in [0.25, 0.3) is 0 Å². The van der Waals surface area contributed by atoms with Crippen molar-refractivity contribution in [1.29, 1.82) is 0 Å². The summed E-state index contributed by atoms with van der Waals surface area (Å²) in [7, 11) is 0. The molecule has 194 valence electrons. The molecule has 0 amide bonds. The molecule has 1 fully saturated rings. The summed E-state index contributed by atoms with van der Waals surface area (Å²) >= 11 is 0. The van der Waals surface area contributed by atoms with Gasteiger partial charge in [0.1, 0.15) is 17.6 Å². The second kappa shape index (κ2) is 9.21. The number of carbonyl (C=O) groups is 1. The van der Waals surface area contributed by atoms with E-state index in [1.54, 1.807) is 23.1 Å². The zero-order valence-corrected chi connectivity index (χ0v) is 19.4. The van der Waals surface area contributed by atoms with Gasteiger partial charge >= 0.3 is 12.1 Å². The van der Waals surface area contributed by atoms with Gasteiger partial charge in [-0.1, -0.05) is 12.1 Å². The Balaban J connectivity index is 1.38. The van der Waals surface area contributed by atoms with Crippen LogP contribution >= 0.6 is 0 Å². The molecule has 0 saturated carbocycles. The van der Waals surface area contributed by atoms with E-state index in [0.29, 0.717) is 35.5 Å². The third-order valence-electron chi connectivity index (χ3n) is 7.31. The first-order valence-corrected chi connectivity index (χ1v) is 12.0. The van der Waals surface area contributed by atoms with Gasteiger partial charge in [0.25, 0.3) is 5.92 Å². The number of aliphatic carboxylic acids is 1. The normalized spacial score (nSPS) is 23.1. The molecular weight excluding hydrogens is 485 g/mol. The number of halogens is 5. The zero-order valence-electron chi connectivity index (χ0n) is 19.4. The van der Waals surface area contributed by atoms with Gasteiger partial charge in [-0.25, -0.2) is 8.78 Å². The van der Waals surface area contributed by atoms with Crippen LogP contribution in [0.1, 0.15) is 65.5 Å². The molecule has 0 bridgehead atoms. The van der Waals surface area contributed by atoms with Crippen LogP contribution in [0.3, 0.4) is 0 Å². The summed E-state index contributed by atoms with van der Waals surface area (Å²) in [4.78, 5) is 12.7. The molecule has 1 unspecified atom stereocenters. The maximum atomic E-state index is 13.9. The molecule has 2 aliphatic heterocycles. The second-order valence-electron chi connectivity index (χ2n) is 9.74. The molecule has 2 aromatic rings. The maximum Gasteiger partial charge on any atom is 0.416 e. The molecular formula is C26H26F5NO4. The number of piperidine rings is 1. The van der Waals surface area contributed by atoms with Gasteiger partial charge in [-0.3, -0.25) is 9.69 Å². The molecule has 36 heavy (non-hydrogen) atoms. The van der Waals surface area contributed by atoms with Crippen molar-refractivity contribution in [2.75, 3.05) is 19.7 Å². The van der Waals surface area contributed by atoms with Gasteiger partial charge in [-0.2, -0.15) is 13.2 Å². The summed E-state index contributed by atoms with van der Waals surface area (Å²) in [5.74, 6) is -2.88. The SMILES string of the molecule is O=C(O)CC1COc2cc(O[C@@H]3CCc4c3ccc(C(F)(F)F)c4CN3CCC(F)(F)CC3)ccc21. The van der Waals surface area contributed by atoms with Crippen LogP contribution in [0.4, 0.5) is 22.0 Å². The lowest BCUT2D eigenvalue weighted by molar-refractivity contribution is -0.139. The lowest BCUT2D eigenvalue weighted by atomic mass is 9.95. The van der Waals surface area contributed by atoms with Gasteiger partial charge in [0.05, 0.1) is 18.6 Å². The van der Waals surface area contributed by atoms with E-state index >= 15 is 0 Å². The van der Waals surface area contributed by atoms with E-state index in [2.05, 4.69) is 0 Å². The van der Waals surface area contributed by atoms with Crippen LogP contribution in [0.15, 0.2) is 30.3 Å². The molecule has 5 nitrogen and oxygen atoms in total. The first-order valence-electron chi connectivity index (χ1n) is 12.0. The fourth-order valence-electron chi connectivity index (χ4n) is 5.44. The van der Waals surface area contributed by atoms with Crippen LogP contribution < -0.4 is 9.47 Å². The average Bonchev–Trinajstić information content (AvgIpc) is 3.38. The zero-order chi connectivity index (χ0) is 25.7. The number of carboxylic acid groups (broad SMARTS) is 1. The molecule has 2 aromatic carbocycles. The molecule has 2 heterocycles. The Morgan fingerprint density at radius 1 is 1.14 bits per heavy atom. The summed E-state index contributed by atoms with van der Waals surface area (Å²) in [6, 6.07) is 7.70. The summed E-state index contributed by atoms with van der Waals surface area (Å²) in [5.41, 5.74) is 1.46. The van der Waals surface area contributed by atoms with Gasteiger partial charge in [0.15, 0.2) is 0 Å². The minimum Gasteiger partial charge on any atom is -0.492 e. The Kier molecular flexibility index (Phi) is 6.34. The number of hydrogen-bond donors (Lipinski definition) is 1. The highest BCUT2D eigenvalue weighted by Gasteiger charge is 2.40. The number of ether oxygens (including phenoxy) is 2. The van der Waals surface area contributed by atoms with E-state index in [9.17, 15) is 26.7 Å². The smallest absolute Gasteiger partial charge is 0.416 e. The predicted molar refractivity (Wildman–Crippen MR) is 120 cm³/mol. The Morgan fingerprint density at radius 3 is 2.56 bits per heavy atom. The predicted octanol–water partition coefficient (Wildman–Crippen LogP) is 5.95. The Labute approximate surface area is 204 Å². The topological polar surface area (TPSA) is 59.0 Å². The van der Waals surface area contributed by atoms with Crippen molar-refractivity contribution in [3.63, 3.8) is 0 Å². The van der Waals surface area contributed by atoms with Crippen molar-refractivity contribution in [1.82, 2.24) is 4.90 Å². The van der Waals surface area contributed by atoms with Crippen LogP contribution in [0, 0.1) is 0 Å². The molecule has 10 heteroatoms. The summed E-state index contributed by atoms with van der Waals surface area (Å²) < 4.78 is 80.5. The fourth-order valence-corrected chi connectivity index (χ4v) is 5.44. The van der Waals surface area contributed by atoms with Crippen LogP contribution in [0.5, 0.6) is 11.5 Å². The van der Waals surface area contributed by atoms with E-state index in [1.807, 2.05) is 0 Å². The van der Waals surface area contributed by atoms with Gasteiger partial charge in [-0.05, 0) is 41.7 Å². The van der Waals surface area contributed by atoms with Crippen molar-refractivity contribution < 1.29 is 41.3 Å². The molecule has 3 aliphatic rings. The first kappa shape index (κ1) is 24.8. The number of fused-ring (bicyclic) bond motifs is 2. The summed E-state index contributed by atoms with van der Waals surface area (Å²) in [6.07, 6.45) is -4.88. The van der Waals surface area contributed by atoms with E-state index < -0.39 is 29.7 Å². The van der Waals surface area contributed by atoms with Crippen LogP contribution in [0.2, 0.25) is 0 Å². The van der Waals surface area contributed by atoms with E-state index in [-0.39, 0.29) is 57.0 Å². The highest BCUT2D eigenvalue weighted by Crippen LogP contribution is 2.44. The number of rotatable bonds is 6. The summed E-state index contributed by atoms with van der Waals surface area (Å²) in [5, 5.41) is 9.07. The monoisotopic (exact) mass is 511 g/mol. The van der Waals surface area contributed by atoms with Gasteiger partial charge in [0, 0.05) is 50.0 Å². The molecule has 0 spiro atoms. The number of benzene rings is 2. The lowest BCUT2D eigenvalue weighted by Gasteiger charge is -2.33. The lowest BCUT2D eigenvalue weighted by Crippen LogP contribution is -2.39. The number of likely N-dealkylation sites (tertiary alicyclic amines) is 1. The third-order valence-corrected chi connectivity index (χ3v) is 7.31. The Hall–Kier alpha value is -2.88. The highest BCUT2D eigenvalue weighted by molar-refractivity contribution is 5.68. The molecule has 1 N–H and O–H groups in total. The largest absolute Gasteiger partial charge is 0.492 e. The van der Waals surface area contributed by atoms with Gasteiger partial charge in [0.2, 0.25) is 0 Å². The Bertz CT molecular complexity index is 1160. The molecule has 1 aliphatic carbocycles. The van der Waals surface area contributed by atoms with Crippen LogP contribution in [-0.2, 0) is 23.9 Å². The van der Waals surface area contributed by atoms with Gasteiger partial charge < -0.3 is 14.6 Å². The van der Waals surface area contributed by atoms with Crippen LogP contribution in [-0.4, -0.2) is 41.6 Å². The van der Waals surface area contributed by atoms with Gasteiger partial charge in [-0.15, -0.1) is 0 Å². The minimum atomic E-state index is -4.55. The first-order chi connectivity index (χ1) is 17.0. The molecule has 5 rings (SSSR count). The maximum absolute atomic E-state index is 13.9. The molecule has 1 saturated heterocycles. The van der Waals surface area contributed by atoms with Crippen molar-refractivity contribution in [3.8, 4) is 11.5 Å². The number of hydrogen-bond acceptors (Lipinski definition) is 4. The summed E-state index contributed by atoms with van der Waals surface area (Å²) in [6.45, 7) is 0.333. The fraction of sp³-hybridized carbons (Fsp3) is 0.500. The third kappa shape index (κ3) is 5.00. The van der Waals surface area contributed by atoms with Crippen molar-refractivity contribution in [2.45, 2.75) is 62.8 Å². The van der Waals surface area contributed by atoms with Crippen molar-refractivity contribution in [2.24, 2.45) is 0 Å². The minimum absolute atomic E-state index is 0.0293. The Morgan fingerprint density at radius 2 is 1.86 bits per heavy atom. The average molecular weight is 511 g/mol. The molecule has 0 radical (unpaired) electrons. The van der Waals surface area contributed by atoms with E-state index in [4.69, 9.17) is 14.6 Å².